The highest BCUT2D eigenvalue weighted by atomic mass is 35.5. The van der Waals surface area contributed by atoms with Crippen molar-refractivity contribution in [3.05, 3.63) is 57.2 Å². The van der Waals surface area contributed by atoms with Crippen molar-refractivity contribution in [2.45, 2.75) is 49.7 Å². The van der Waals surface area contributed by atoms with Crippen LogP contribution in [0.2, 0.25) is 5.02 Å². The van der Waals surface area contributed by atoms with Crippen molar-refractivity contribution in [2.75, 3.05) is 31.6 Å². The monoisotopic (exact) mass is 514 g/mol. The molecule has 6 rings (SSSR count). The number of hydrogen-bond donors (Lipinski definition) is 3. The van der Waals surface area contributed by atoms with Crippen LogP contribution >= 0.6 is 11.6 Å². The van der Waals surface area contributed by atoms with Crippen LogP contribution in [0, 0.1) is 5.82 Å². The summed E-state index contributed by atoms with van der Waals surface area (Å²) in [7, 11) is 0. The van der Waals surface area contributed by atoms with E-state index in [1.54, 1.807) is 29.7 Å². The molecule has 2 aromatic carbocycles. The number of H-pyrrole nitrogens is 1. The largest absolute Gasteiger partial charge is 0.492 e. The highest BCUT2D eigenvalue weighted by Gasteiger charge is 2.48. The van der Waals surface area contributed by atoms with Crippen molar-refractivity contribution >= 4 is 34.2 Å². The van der Waals surface area contributed by atoms with E-state index in [9.17, 15) is 19.1 Å². The lowest BCUT2D eigenvalue weighted by Gasteiger charge is -2.41. The first-order valence-corrected chi connectivity index (χ1v) is 12.7. The van der Waals surface area contributed by atoms with Crippen LogP contribution in [0.15, 0.2) is 35.1 Å². The first-order chi connectivity index (χ1) is 17.1. The number of rotatable bonds is 5. The Bertz CT molecular complexity index is 1420. The number of aromatic amines is 1. The van der Waals surface area contributed by atoms with Gasteiger partial charge in [-0.3, -0.25) is 14.3 Å². The average Bonchev–Trinajstić information content (AvgIpc) is 3.27. The van der Waals surface area contributed by atoms with Crippen LogP contribution < -0.4 is 15.7 Å². The second-order valence-electron chi connectivity index (χ2n) is 10.6. The smallest absolute Gasteiger partial charge is 0.326 e. The number of piperidine rings is 1. The lowest BCUT2D eigenvalue weighted by molar-refractivity contribution is -0.122. The first-order valence-electron chi connectivity index (χ1n) is 12.3. The molecule has 0 atom stereocenters. The van der Waals surface area contributed by atoms with Crippen molar-refractivity contribution < 1.29 is 19.0 Å². The van der Waals surface area contributed by atoms with Crippen LogP contribution in [0.5, 0.6) is 5.75 Å². The van der Waals surface area contributed by atoms with Crippen LogP contribution in [-0.2, 0) is 10.2 Å². The molecular weight excluding hydrogens is 487 g/mol. The number of nitrogens with one attached hydrogen (secondary N) is 2. The van der Waals surface area contributed by atoms with E-state index in [0.29, 0.717) is 79.4 Å². The lowest BCUT2D eigenvalue weighted by atomic mass is 9.73. The third-order valence-corrected chi connectivity index (χ3v) is 8.31. The maximum atomic E-state index is 13.9. The molecule has 1 spiro atoms. The number of benzene rings is 2. The maximum Gasteiger partial charge on any atom is 0.326 e. The number of halogens is 2. The van der Waals surface area contributed by atoms with E-state index in [2.05, 4.69) is 15.2 Å². The van der Waals surface area contributed by atoms with E-state index in [0.717, 1.165) is 5.56 Å². The molecule has 1 saturated heterocycles. The molecule has 2 aliphatic heterocycles. The minimum absolute atomic E-state index is 0.0478. The molecule has 36 heavy (non-hydrogen) atoms. The molecule has 0 bridgehead atoms. The predicted octanol–water partition coefficient (Wildman–Crippen LogP) is 3.57. The minimum atomic E-state index is -0.752. The Morgan fingerprint density at radius 2 is 1.94 bits per heavy atom. The number of fused-ring (bicyclic) bond motifs is 3. The van der Waals surface area contributed by atoms with Gasteiger partial charge < -0.3 is 20.1 Å². The van der Waals surface area contributed by atoms with E-state index in [4.69, 9.17) is 16.3 Å². The Morgan fingerprint density at radius 3 is 2.67 bits per heavy atom. The molecule has 1 amide bonds. The van der Waals surface area contributed by atoms with E-state index in [1.165, 1.54) is 12.1 Å². The van der Waals surface area contributed by atoms with E-state index in [1.807, 2.05) is 0 Å². The number of amides is 1. The standard InChI is InChI=1S/C26H28ClFN4O4/c1-25(35)13-16(14-25)32-22-19(27)11-17(12-21(22)30-24(32)34)36-9-8-31-6-4-26(5-7-31)18-10-15(28)2-3-20(18)29-23(26)33/h2-3,10-12,16,35H,4-9,13-14H2,1H3,(H,29,33)(H,30,34). The van der Waals surface area contributed by atoms with Gasteiger partial charge in [0.2, 0.25) is 5.91 Å². The van der Waals surface area contributed by atoms with Gasteiger partial charge in [0.05, 0.1) is 27.1 Å². The number of anilines is 1. The zero-order valence-corrected chi connectivity index (χ0v) is 20.7. The zero-order valence-electron chi connectivity index (χ0n) is 19.9. The molecule has 1 saturated carbocycles. The van der Waals surface area contributed by atoms with Gasteiger partial charge in [-0.25, -0.2) is 9.18 Å². The average molecular weight is 515 g/mol. The fourth-order valence-electron chi connectivity index (χ4n) is 6.09. The Kier molecular flexibility index (Phi) is 5.44. The van der Waals surface area contributed by atoms with Crippen LogP contribution in [0.3, 0.4) is 0 Å². The normalized spacial score (nSPS) is 25.1. The molecule has 0 radical (unpaired) electrons. The molecule has 8 nitrogen and oxygen atoms in total. The number of imidazole rings is 1. The zero-order chi connectivity index (χ0) is 25.2. The summed E-state index contributed by atoms with van der Waals surface area (Å²) in [6.45, 7) is 4.25. The number of likely N-dealkylation sites (tertiary alicyclic amines) is 1. The third kappa shape index (κ3) is 3.81. The maximum absolute atomic E-state index is 13.9. The lowest BCUT2D eigenvalue weighted by Crippen LogP contribution is -2.47. The van der Waals surface area contributed by atoms with Gasteiger partial charge in [0.1, 0.15) is 18.2 Å². The van der Waals surface area contributed by atoms with Gasteiger partial charge in [0, 0.05) is 30.4 Å². The molecule has 3 aromatic rings. The van der Waals surface area contributed by atoms with Crippen LogP contribution in [0.4, 0.5) is 10.1 Å². The number of carbonyl (C=O) groups excluding carboxylic acids is 1. The van der Waals surface area contributed by atoms with Crippen LogP contribution in [0.25, 0.3) is 11.0 Å². The van der Waals surface area contributed by atoms with E-state index < -0.39 is 11.0 Å². The highest BCUT2D eigenvalue weighted by Crippen LogP contribution is 2.45. The van der Waals surface area contributed by atoms with Crippen molar-refractivity contribution in [3.8, 4) is 5.75 Å². The van der Waals surface area contributed by atoms with Gasteiger partial charge >= 0.3 is 5.69 Å². The Labute approximate surface area is 212 Å². The summed E-state index contributed by atoms with van der Waals surface area (Å²) >= 11 is 6.54. The summed E-state index contributed by atoms with van der Waals surface area (Å²) in [4.78, 5) is 30.4. The summed E-state index contributed by atoms with van der Waals surface area (Å²) in [5, 5.41) is 13.4. The Balaban J connectivity index is 1.09. The summed E-state index contributed by atoms with van der Waals surface area (Å²) in [6.07, 6.45) is 2.26. The topological polar surface area (TPSA) is 99.6 Å². The number of aliphatic hydroxyl groups is 1. The van der Waals surface area contributed by atoms with Crippen molar-refractivity contribution in [1.29, 1.82) is 0 Å². The van der Waals surface area contributed by atoms with Gasteiger partial charge in [0.15, 0.2) is 0 Å². The second kappa shape index (κ2) is 8.33. The molecule has 3 N–H and O–H groups in total. The fourth-order valence-corrected chi connectivity index (χ4v) is 6.39. The molecule has 190 valence electrons. The third-order valence-electron chi connectivity index (χ3n) is 8.02. The quantitative estimate of drug-likeness (QED) is 0.483. The van der Waals surface area contributed by atoms with E-state index >= 15 is 0 Å². The summed E-state index contributed by atoms with van der Waals surface area (Å²) in [6, 6.07) is 7.89. The molecule has 10 heteroatoms. The molecule has 1 aromatic heterocycles. The SMILES string of the molecule is CC1(O)CC(n2c(=O)[nH]c3cc(OCCN4CCC5(CC4)C(=O)Nc4ccc(F)cc45)cc(Cl)c32)C1. The number of aromatic nitrogens is 2. The number of carbonyl (C=O) groups is 1. The Hall–Kier alpha value is -2.88. The van der Waals surface area contributed by atoms with Gasteiger partial charge in [-0.1, -0.05) is 11.6 Å². The summed E-state index contributed by atoms with van der Waals surface area (Å²) in [5.41, 5.74) is 1.04. The summed E-state index contributed by atoms with van der Waals surface area (Å²) in [5.74, 6) is 0.190. The van der Waals surface area contributed by atoms with Crippen LogP contribution in [0.1, 0.15) is 44.2 Å². The first kappa shape index (κ1) is 23.5. The van der Waals surface area contributed by atoms with Crippen molar-refractivity contribution in [3.63, 3.8) is 0 Å². The van der Waals surface area contributed by atoms with Crippen molar-refractivity contribution in [2.24, 2.45) is 0 Å². The molecular formula is C26H28ClFN4O4. The number of ether oxygens (including phenoxy) is 1. The summed E-state index contributed by atoms with van der Waals surface area (Å²) < 4.78 is 21.5. The minimum Gasteiger partial charge on any atom is -0.492 e. The molecule has 3 aliphatic rings. The molecule has 0 unspecified atom stereocenters. The van der Waals surface area contributed by atoms with Gasteiger partial charge in [-0.2, -0.15) is 0 Å². The van der Waals surface area contributed by atoms with Gasteiger partial charge in [-0.15, -0.1) is 0 Å². The molecule has 2 fully saturated rings. The Morgan fingerprint density at radius 1 is 1.19 bits per heavy atom. The highest BCUT2D eigenvalue weighted by molar-refractivity contribution is 6.35. The molecule has 3 heterocycles. The van der Waals surface area contributed by atoms with Crippen LogP contribution in [-0.4, -0.2) is 57.3 Å². The second-order valence-corrected chi connectivity index (χ2v) is 11.0. The van der Waals surface area contributed by atoms with Gasteiger partial charge in [0.25, 0.3) is 0 Å². The molecule has 1 aliphatic carbocycles. The number of hydrogen-bond acceptors (Lipinski definition) is 5. The fraction of sp³-hybridized carbons (Fsp3) is 0.462. The number of nitrogens with zero attached hydrogens (tertiary/aromatic N) is 2. The van der Waals surface area contributed by atoms with Gasteiger partial charge in [-0.05, 0) is 69.5 Å². The van der Waals surface area contributed by atoms with Crippen molar-refractivity contribution in [1.82, 2.24) is 14.5 Å². The van der Waals surface area contributed by atoms with E-state index in [-0.39, 0.29) is 23.5 Å². The predicted molar refractivity (Wildman–Crippen MR) is 134 cm³/mol.